The molecule has 0 aliphatic carbocycles. The minimum Gasteiger partial charge on any atom is -0.455 e. The van der Waals surface area contributed by atoms with Crippen LogP contribution in [0.3, 0.4) is 0 Å². The average molecular weight is 471 g/mol. The lowest BCUT2D eigenvalue weighted by Gasteiger charge is -2.36. The minimum absolute atomic E-state index is 0.117. The molecular weight excluding hydrogens is 444 g/mol. The van der Waals surface area contributed by atoms with Crippen molar-refractivity contribution < 1.29 is 13.4 Å². The molecule has 4 rings (SSSR count). The van der Waals surface area contributed by atoms with Crippen LogP contribution in [0.5, 0.6) is 0 Å². The molecule has 1 aliphatic heterocycles. The molecule has 1 aliphatic rings. The molecule has 1 atom stereocenters. The molecule has 1 saturated heterocycles. The zero-order valence-corrected chi connectivity index (χ0v) is 19.9. The Bertz CT molecular complexity index is 1140. The first kappa shape index (κ1) is 22.6. The highest BCUT2D eigenvalue weighted by atomic mass is 35.5. The van der Waals surface area contributed by atoms with Crippen LogP contribution in [0.2, 0.25) is 5.02 Å². The van der Waals surface area contributed by atoms with Gasteiger partial charge in [-0.15, -0.1) is 0 Å². The number of carbonyl (C=O) groups is 1. The molecule has 5 nitrogen and oxygen atoms in total. The highest BCUT2D eigenvalue weighted by Crippen LogP contribution is 2.25. The number of benzene rings is 2. The quantitative estimate of drug-likeness (QED) is 0.511. The molecule has 2 aromatic carbocycles. The molecule has 0 saturated carbocycles. The molecule has 3 aromatic rings. The third-order valence-corrected chi connectivity index (χ3v) is 7.54. The third-order valence-electron chi connectivity index (χ3n) is 5.93. The van der Waals surface area contributed by atoms with Crippen LogP contribution < -0.4 is 4.90 Å². The number of hydrogen-bond acceptors (Lipinski definition) is 4. The molecule has 168 valence electrons. The van der Waals surface area contributed by atoms with Gasteiger partial charge in [-0.25, -0.2) is 0 Å². The summed E-state index contributed by atoms with van der Waals surface area (Å²) < 4.78 is 18.3. The molecule has 0 unspecified atom stereocenters. The number of amides is 1. The van der Waals surface area contributed by atoms with Gasteiger partial charge in [0.25, 0.3) is 5.91 Å². The van der Waals surface area contributed by atoms with Crippen molar-refractivity contribution in [1.82, 2.24) is 4.90 Å². The number of nitrogens with zero attached hydrogens (tertiary/aromatic N) is 2. The molecule has 32 heavy (non-hydrogen) atoms. The summed E-state index contributed by atoms with van der Waals surface area (Å²) in [6, 6.07) is 17.1. The van der Waals surface area contributed by atoms with Crippen LogP contribution in [-0.2, 0) is 22.3 Å². The number of hydrogen-bond donors (Lipinski definition) is 0. The maximum Gasteiger partial charge on any atom is 0.289 e. The van der Waals surface area contributed by atoms with Crippen LogP contribution >= 0.6 is 11.6 Å². The fourth-order valence-corrected chi connectivity index (χ4v) is 5.41. The number of carbonyl (C=O) groups excluding carboxylic acids is 1. The summed E-state index contributed by atoms with van der Waals surface area (Å²) in [7, 11) is -1.18. The molecule has 1 aromatic heterocycles. The van der Waals surface area contributed by atoms with Crippen molar-refractivity contribution in [2.45, 2.75) is 25.4 Å². The summed E-state index contributed by atoms with van der Waals surface area (Å²) in [6.45, 7) is 7.11. The Morgan fingerprint density at radius 3 is 2.47 bits per heavy atom. The van der Waals surface area contributed by atoms with E-state index in [4.69, 9.17) is 16.0 Å². The lowest BCUT2D eigenvalue weighted by atomic mass is 10.1. The van der Waals surface area contributed by atoms with E-state index in [2.05, 4.69) is 36.9 Å². The van der Waals surface area contributed by atoms with Crippen molar-refractivity contribution >= 4 is 34.0 Å². The van der Waals surface area contributed by atoms with Gasteiger partial charge in [0.1, 0.15) is 5.76 Å². The Kier molecular flexibility index (Phi) is 7.01. The topological polar surface area (TPSA) is 53.8 Å². The van der Waals surface area contributed by atoms with E-state index in [0.29, 0.717) is 35.4 Å². The summed E-state index contributed by atoms with van der Waals surface area (Å²) in [5.41, 5.74) is 4.64. The Morgan fingerprint density at radius 1 is 0.969 bits per heavy atom. The summed E-state index contributed by atoms with van der Waals surface area (Å²) in [5, 5.41) is 0.608. The first-order valence-corrected chi connectivity index (χ1v) is 12.6. The lowest BCUT2D eigenvalue weighted by Crippen LogP contribution is -2.49. The van der Waals surface area contributed by atoms with Crippen molar-refractivity contribution in [3.8, 4) is 0 Å². The smallest absolute Gasteiger partial charge is 0.289 e. The molecule has 0 N–H and O–H groups in total. The van der Waals surface area contributed by atoms with E-state index in [1.54, 1.807) is 18.2 Å². The van der Waals surface area contributed by atoms with Gasteiger partial charge >= 0.3 is 0 Å². The largest absolute Gasteiger partial charge is 0.455 e. The van der Waals surface area contributed by atoms with Gasteiger partial charge in [0.05, 0.1) is 11.5 Å². The zero-order chi connectivity index (χ0) is 22.7. The molecule has 1 fully saturated rings. The standard InChI is InChI=1S/C25H27ClN2O3S/c1-18-6-5-9-23(19(18)2)27-12-14-28(15-13-27)25(29)24-11-10-21(31-24)17-32(30)16-20-7-3-4-8-22(20)26/h3-11H,12-17H2,1-2H3/t32-/m0/s1. The number of piperazine rings is 1. The van der Waals surface area contributed by atoms with Crippen LogP contribution in [0.1, 0.15) is 33.0 Å². The maximum absolute atomic E-state index is 12.9. The van der Waals surface area contributed by atoms with E-state index in [1.165, 1.54) is 16.8 Å². The summed E-state index contributed by atoms with van der Waals surface area (Å²) in [5.74, 6) is 1.33. The molecule has 0 spiro atoms. The van der Waals surface area contributed by atoms with Gasteiger partial charge in [0.2, 0.25) is 0 Å². The van der Waals surface area contributed by atoms with Crippen molar-refractivity contribution in [2.75, 3.05) is 31.1 Å². The number of rotatable bonds is 6. The summed E-state index contributed by atoms with van der Waals surface area (Å²) in [4.78, 5) is 17.1. The van der Waals surface area contributed by atoms with Crippen LogP contribution in [-0.4, -0.2) is 41.2 Å². The lowest BCUT2D eigenvalue weighted by molar-refractivity contribution is 0.0713. The monoisotopic (exact) mass is 470 g/mol. The number of anilines is 1. The zero-order valence-electron chi connectivity index (χ0n) is 18.3. The molecule has 0 bridgehead atoms. The second-order valence-electron chi connectivity index (χ2n) is 8.08. The summed E-state index contributed by atoms with van der Waals surface area (Å²) >= 11 is 6.16. The SMILES string of the molecule is Cc1cccc(N2CCN(C(=O)c3ccc(C[S@@](=O)Cc4ccccc4Cl)o3)CC2)c1C. The molecule has 1 amide bonds. The van der Waals surface area contributed by atoms with Crippen LogP contribution in [0.25, 0.3) is 0 Å². The van der Waals surface area contributed by atoms with Gasteiger partial charge < -0.3 is 14.2 Å². The molecule has 2 heterocycles. The Labute approximate surface area is 196 Å². The predicted molar refractivity (Wildman–Crippen MR) is 130 cm³/mol. The van der Waals surface area contributed by atoms with E-state index < -0.39 is 10.8 Å². The van der Waals surface area contributed by atoms with Gasteiger partial charge in [0.15, 0.2) is 5.76 Å². The van der Waals surface area contributed by atoms with Crippen LogP contribution in [0.4, 0.5) is 5.69 Å². The first-order chi connectivity index (χ1) is 15.4. The van der Waals surface area contributed by atoms with Crippen molar-refractivity contribution in [3.05, 3.63) is 87.8 Å². The van der Waals surface area contributed by atoms with Crippen LogP contribution in [0.15, 0.2) is 59.0 Å². The fraction of sp³-hybridized carbons (Fsp3) is 0.320. The normalized spacial score (nSPS) is 15.1. The van der Waals surface area contributed by atoms with Gasteiger partial charge in [0, 0.05) is 47.7 Å². The van der Waals surface area contributed by atoms with Crippen molar-refractivity contribution in [2.24, 2.45) is 0 Å². The average Bonchev–Trinajstić information content (AvgIpc) is 3.25. The second kappa shape index (κ2) is 9.92. The van der Waals surface area contributed by atoms with Gasteiger partial charge in [-0.05, 0) is 54.8 Å². The Morgan fingerprint density at radius 2 is 1.72 bits per heavy atom. The van der Waals surface area contributed by atoms with Crippen molar-refractivity contribution in [1.29, 1.82) is 0 Å². The maximum atomic E-state index is 12.9. The van der Waals surface area contributed by atoms with Crippen LogP contribution in [0, 0.1) is 13.8 Å². The molecule has 0 radical (unpaired) electrons. The number of halogens is 1. The van der Waals surface area contributed by atoms with E-state index in [0.717, 1.165) is 18.7 Å². The van der Waals surface area contributed by atoms with E-state index in [1.807, 2.05) is 23.1 Å². The second-order valence-corrected chi connectivity index (χ2v) is 9.95. The van der Waals surface area contributed by atoms with E-state index in [9.17, 15) is 9.00 Å². The third kappa shape index (κ3) is 5.08. The highest BCUT2D eigenvalue weighted by Gasteiger charge is 2.25. The van der Waals surface area contributed by atoms with E-state index in [-0.39, 0.29) is 11.7 Å². The Balaban J connectivity index is 1.33. The number of aryl methyl sites for hydroxylation is 1. The van der Waals surface area contributed by atoms with Gasteiger partial charge in [-0.3, -0.25) is 9.00 Å². The minimum atomic E-state index is -1.18. The van der Waals surface area contributed by atoms with Gasteiger partial charge in [-0.1, -0.05) is 41.9 Å². The fourth-order valence-electron chi connectivity index (χ4n) is 3.95. The van der Waals surface area contributed by atoms with Crippen molar-refractivity contribution in [3.63, 3.8) is 0 Å². The van der Waals surface area contributed by atoms with E-state index >= 15 is 0 Å². The summed E-state index contributed by atoms with van der Waals surface area (Å²) in [6.07, 6.45) is 0. The Hall–Kier alpha value is -2.57. The van der Waals surface area contributed by atoms with Gasteiger partial charge in [-0.2, -0.15) is 0 Å². The molecule has 7 heteroatoms. The number of furan rings is 1. The predicted octanol–water partition coefficient (Wildman–Crippen LogP) is 4.96. The highest BCUT2D eigenvalue weighted by molar-refractivity contribution is 7.83. The first-order valence-electron chi connectivity index (χ1n) is 10.7. The molecular formula is C25H27ClN2O3S.